The SMILES string of the molecule is C[C@H](CO)N1C[C@H](C)[C@@H](CN(C)Cc2ccc(C(=O)O)cc2)Oc2c(NS(=O)(=O)c3ccc(F)cc3)cccc2C1=O. The predicted octanol–water partition coefficient (Wildman–Crippen LogP) is 3.68. The molecule has 0 aliphatic carbocycles. The molecule has 12 heteroatoms. The van der Waals surface area contributed by atoms with Crippen molar-refractivity contribution in [1.29, 1.82) is 0 Å². The highest BCUT2D eigenvalue weighted by Crippen LogP contribution is 2.36. The fraction of sp³-hybridized carbons (Fsp3) is 0.333. The number of halogens is 1. The lowest BCUT2D eigenvalue weighted by Crippen LogP contribution is -2.49. The van der Waals surface area contributed by atoms with Crippen molar-refractivity contribution in [2.45, 2.75) is 37.4 Å². The molecule has 1 aliphatic rings. The summed E-state index contributed by atoms with van der Waals surface area (Å²) in [5, 5.41) is 19.1. The minimum atomic E-state index is -4.15. The lowest BCUT2D eigenvalue weighted by atomic mass is 9.99. The van der Waals surface area contributed by atoms with Crippen molar-refractivity contribution in [3.05, 3.63) is 89.2 Å². The van der Waals surface area contributed by atoms with Crippen LogP contribution in [-0.4, -0.2) is 79.2 Å². The van der Waals surface area contributed by atoms with Gasteiger partial charge in [0.1, 0.15) is 11.9 Å². The van der Waals surface area contributed by atoms with Crippen LogP contribution in [0.3, 0.4) is 0 Å². The first-order valence-corrected chi connectivity index (χ1v) is 14.9. The number of likely N-dealkylation sites (N-methyl/N-ethyl adjacent to an activating group) is 1. The smallest absolute Gasteiger partial charge is 0.335 e. The molecule has 0 spiro atoms. The molecule has 0 bridgehead atoms. The zero-order valence-electron chi connectivity index (χ0n) is 23.5. The molecule has 224 valence electrons. The molecular formula is C30H34FN3O7S. The Morgan fingerprint density at radius 1 is 1.14 bits per heavy atom. The van der Waals surface area contributed by atoms with Gasteiger partial charge in [-0.3, -0.25) is 14.4 Å². The number of fused-ring (bicyclic) bond motifs is 1. The van der Waals surface area contributed by atoms with Crippen LogP contribution in [0.25, 0.3) is 0 Å². The van der Waals surface area contributed by atoms with Crippen molar-refractivity contribution >= 4 is 27.6 Å². The number of rotatable bonds is 10. The average molecular weight is 600 g/mol. The first-order chi connectivity index (χ1) is 19.9. The van der Waals surface area contributed by atoms with Gasteiger partial charge in [-0.15, -0.1) is 0 Å². The molecule has 3 atom stereocenters. The number of sulfonamides is 1. The summed E-state index contributed by atoms with van der Waals surface area (Å²) < 4.78 is 48.8. The molecule has 0 aromatic heterocycles. The molecule has 0 saturated heterocycles. The van der Waals surface area contributed by atoms with Crippen molar-refractivity contribution in [3.63, 3.8) is 0 Å². The summed E-state index contributed by atoms with van der Waals surface area (Å²) in [6, 6.07) is 15.0. The van der Waals surface area contributed by atoms with Gasteiger partial charge < -0.3 is 19.8 Å². The second-order valence-electron chi connectivity index (χ2n) is 10.6. The minimum Gasteiger partial charge on any atom is -0.486 e. The second kappa shape index (κ2) is 12.9. The normalized spacial score (nSPS) is 18.0. The summed E-state index contributed by atoms with van der Waals surface area (Å²) in [7, 11) is -2.28. The van der Waals surface area contributed by atoms with Gasteiger partial charge in [0, 0.05) is 25.6 Å². The number of aliphatic hydroxyl groups excluding tert-OH is 1. The van der Waals surface area contributed by atoms with Crippen LogP contribution >= 0.6 is 0 Å². The number of aliphatic hydroxyl groups is 1. The molecule has 3 N–H and O–H groups in total. The summed E-state index contributed by atoms with van der Waals surface area (Å²) >= 11 is 0. The molecule has 0 unspecified atom stereocenters. The van der Waals surface area contributed by atoms with Gasteiger partial charge >= 0.3 is 5.97 Å². The topological polar surface area (TPSA) is 136 Å². The van der Waals surface area contributed by atoms with Gasteiger partial charge in [0.25, 0.3) is 15.9 Å². The van der Waals surface area contributed by atoms with Gasteiger partial charge in [-0.2, -0.15) is 0 Å². The molecule has 42 heavy (non-hydrogen) atoms. The highest BCUT2D eigenvalue weighted by molar-refractivity contribution is 7.92. The summed E-state index contributed by atoms with van der Waals surface area (Å²) in [6.45, 7) is 4.54. The number of hydrogen-bond donors (Lipinski definition) is 3. The third kappa shape index (κ3) is 7.07. The zero-order valence-corrected chi connectivity index (χ0v) is 24.3. The highest BCUT2D eigenvalue weighted by atomic mass is 32.2. The fourth-order valence-corrected chi connectivity index (χ4v) is 5.86. The Bertz CT molecular complexity index is 1530. The second-order valence-corrected chi connectivity index (χ2v) is 12.2. The van der Waals surface area contributed by atoms with Crippen molar-refractivity contribution in [2.75, 3.05) is 31.5 Å². The number of carboxylic acid groups (broad SMARTS) is 1. The number of ether oxygens (including phenoxy) is 1. The number of amides is 1. The van der Waals surface area contributed by atoms with E-state index in [1.165, 1.54) is 24.3 Å². The lowest BCUT2D eigenvalue weighted by molar-refractivity contribution is 0.0343. The Labute approximate surface area is 244 Å². The number of nitrogens with one attached hydrogen (secondary N) is 1. The van der Waals surface area contributed by atoms with Crippen LogP contribution < -0.4 is 9.46 Å². The number of aromatic carboxylic acids is 1. The molecule has 1 amide bonds. The van der Waals surface area contributed by atoms with E-state index in [9.17, 15) is 32.6 Å². The molecule has 0 fully saturated rings. The maximum Gasteiger partial charge on any atom is 0.335 e. The maximum absolute atomic E-state index is 13.7. The number of hydrogen-bond acceptors (Lipinski definition) is 7. The molecule has 3 aromatic carbocycles. The third-order valence-electron chi connectivity index (χ3n) is 7.20. The number of para-hydroxylation sites is 1. The van der Waals surface area contributed by atoms with Gasteiger partial charge in [-0.05, 0) is 68.1 Å². The van der Waals surface area contributed by atoms with Crippen LogP contribution in [0.5, 0.6) is 5.75 Å². The Morgan fingerprint density at radius 2 is 1.81 bits per heavy atom. The van der Waals surface area contributed by atoms with Crippen LogP contribution in [-0.2, 0) is 16.6 Å². The molecule has 0 radical (unpaired) electrons. The van der Waals surface area contributed by atoms with E-state index in [0.29, 0.717) is 13.1 Å². The maximum atomic E-state index is 13.7. The Morgan fingerprint density at radius 3 is 2.43 bits per heavy atom. The molecule has 0 saturated carbocycles. The molecule has 1 aliphatic heterocycles. The van der Waals surface area contributed by atoms with Gasteiger partial charge in [0.05, 0.1) is 34.4 Å². The first-order valence-electron chi connectivity index (χ1n) is 13.4. The first kappa shape index (κ1) is 30.9. The summed E-state index contributed by atoms with van der Waals surface area (Å²) in [5.41, 5.74) is 1.26. The molecule has 10 nitrogen and oxygen atoms in total. The molecule has 4 rings (SSSR count). The molecule has 1 heterocycles. The third-order valence-corrected chi connectivity index (χ3v) is 8.59. The van der Waals surface area contributed by atoms with E-state index in [4.69, 9.17) is 4.74 Å². The summed E-state index contributed by atoms with van der Waals surface area (Å²) in [6.07, 6.45) is -0.509. The number of carbonyl (C=O) groups excluding carboxylic acids is 1. The van der Waals surface area contributed by atoms with E-state index in [0.717, 1.165) is 29.8 Å². The van der Waals surface area contributed by atoms with Crippen LogP contribution in [0, 0.1) is 11.7 Å². The van der Waals surface area contributed by atoms with Crippen LogP contribution in [0.1, 0.15) is 40.1 Å². The van der Waals surface area contributed by atoms with E-state index < -0.39 is 39.9 Å². The summed E-state index contributed by atoms with van der Waals surface area (Å²) in [4.78, 5) is 28.3. The largest absolute Gasteiger partial charge is 0.486 e. The quantitative estimate of drug-likeness (QED) is 0.321. The van der Waals surface area contributed by atoms with Crippen LogP contribution in [0.2, 0.25) is 0 Å². The van der Waals surface area contributed by atoms with E-state index in [-0.39, 0.29) is 46.5 Å². The number of nitrogens with zero attached hydrogens (tertiary/aromatic N) is 2. The van der Waals surface area contributed by atoms with E-state index in [1.54, 1.807) is 30.0 Å². The Kier molecular flexibility index (Phi) is 9.50. The highest BCUT2D eigenvalue weighted by Gasteiger charge is 2.35. The molecular weight excluding hydrogens is 565 g/mol. The van der Waals surface area contributed by atoms with Crippen molar-refractivity contribution < 1.29 is 37.3 Å². The standard InChI is InChI=1S/C30H34FN3O7S/c1-19-15-34(20(2)18-35)29(36)25-5-4-6-26(32-42(39,40)24-13-11-23(31)12-14-24)28(25)41-27(19)17-33(3)16-21-7-9-22(10-8-21)30(37)38/h4-14,19-20,27,32,35H,15-18H2,1-3H3,(H,37,38)/t19-,20+,27+/m0/s1. The van der Waals surface area contributed by atoms with Gasteiger partial charge in [-0.25, -0.2) is 17.6 Å². The fourth-order valence-electron chi connectivity index (χ4n) is 4.80. The predicted molar refractivity (Wildman–Crippen MR) is 155 cm³/mol. The van der Waals surface area contributed by atoms with Gasteiger partial charge in [0.2, 0.25) is 0 Å². The number of benzene rings is 3. The molecule has 3 aromatic rings. The van der Waals surface area contributed by atoms with E-state index >= 15 is 0 Å². The van der Waals surface area contributed by atoms with Crippen LogP contribution in [0.15, 0.2) is 71.6 Å². The van der Waals surface area contributed by atoms with Gasteiger partial charge in [-0.1, -0.05) is 25.1 Å². The zero-order chi connectivity index (χ0) is 30.6. The number of carboxylic acids is 1. The van der Waals surface area contributed by atoms with Crippen molar-refractivity contribution in [1.82, 2.24) is 9.80 Å². The number of anilines is 1. The van der Waals surface area contributed by atoms with Crippen molar-refractivity contribution in [3.8, 4) is 5.75 Å². The van der Waals surface area contributed by atoms with Gasteiger partial charge in [0.15, 0.2) is 5.75 Å². The monoisotopic (exact) mass is 599 g/mol. The summed E-state index contributed by atoms with van der Waals surface area (Å²) in [5.74, 6) is -2.17. The van der Waals surface area contributed by atoms with Crippen LogP contribution in [0.4, 0.5) is 10.1 Å². The van der Waals surface area contributed by atoms with Crippen molar-refractivity contribution in [2.24, 2.45) is 5.92 Å². The Hall–Kier alpha value is -4.00. The minimum absolute atomic E-state index is 0.0489. The lowest BCUT2D eigenvalue weighted by Gasteiger charge is -2.38. The van der Waals surface area contributed by atoms with E-state index in [1.807, 2.05) is 18.9 Å². The average Bonchev–Trinajstić information content (AvgIpc) is 2.95. The number of carbonyl (C=O) groups is 2. The van der Waals surface area contributed by atoms with E-state index in [2.05, 4.69) is 4.72 Å². The Balaban J connectivity index is 1.67.